The monoisotopic (exact) mass is 264 g/mol. The van der Waals surface area contributed by atoms with Gasteiger partial charge in [0, 0.05) is 38.1 Å². The lowest BCUT2D eigenvalue weighted by Crippen LogP contribution is -2.47. The molecule has 0 radical (unpaired) electrons. The van der Waals surface area contributed by atoms with Gasteiger partial charge >= 0.3 is 0 Å². The molecular formula is C14H24N4O. The Morgan fingerprint density at radius 2 is 2.26 bits per heavy atom. The first kappa shape index (κ1) is 14.1. The average Bonchev–Trinajstić information content (AvgIpc) is 2.41. The summed E-state index contributed by atoms with van der Waals surface area (Å²) in [4.78, 5) is 18.9. The van der Waals surface area contributed by atoms with E-state index < -0.39 is 0 Å². The number of rotatable bonds is 4. The third-order valence-corrected chi connectivity index (χ3v) is 3.63. The number of nitrogens with two attached hydrogens (primary N) is 1. The Morgan fingerprint density at radius 3 is 2.95 bits per heavy atom. The maximum atomic E-state index is 12.5. The average molecular weight is 264 g/mol. The van der Waals surface area contributed by atoms with Gasteiger partial charge in [-0.3, -0.25) is 4.79 Å². The van der Waals surface area contributed by atoms with Gasteiger partial charge < -0.3 is 15.2 Å². The second kappa shape index (κ2) is 6.19. The van der Waals surface area contributed by atoms with E-state index in [9.17, 15) is 4.79 Å². The number of hydrogen-bond acceptors (Lipinski definition) is 4. The Kier molecular flexibility index (Phi) is 4.58. The van der Waals surface area contributed by atoms with Crippen molar-refractivity contribution in [2.24, 2.45) is 11.7 Å². The fourth-order valence-corrected chi connectivity index (χ4v) is 2.69. The molecule has 0 aliphatic carbocycles. The third-order valence-electron chi connectivity index (χ3n) is 3.63. The van der Waals surface area contributed by atoms with Crippen LogP contribution in [0.25, 0.3) is 0 Å². The van der Waals surface area contributed by atoms with Crippen LogP contribution in [0.3, 0.4) is 0 Å². The quantitative estimate of drug-likeness (QED) is 0.888. The zero-order valence-electron chi connectivity index (χ0n) is 11.9. The van der Waals surface area contributed by atoms with E-state index in [2.05, 4.69) is 23.7 Å². The van der Waals surface area contributed by atoms with Crippen LogP contribution in [-0.2, 0) is 6.54 Å². The normalized spacial score (nSPS) is 20.0. The number of aromatic nitrogens is 2. The molecule has 0 spiro atoms. The van der Waals surface area contributed by atoms with Crippen molar-refractivity contribution in [2.75, 3.05) is 18.0 Å². The van der Waals surface area contributed by atoms with E-state index in [1.807, 2.05) is 0 Å². The molecule has 1 aliphatic rings. The van der Waals surface area contributed by atoms with Crippen LogP contribution in [0, 0.1) is 5.92 Å². The predicted octanol–water partition coefficient (Wildman–Crippen LogP) is 1.22. The second-order valence-corrected chi connectivity index (χ2v) is 5.68. The highest BCUT2D eigenvalue weighted by Crippen LogP contribution is 2.19. The smallest absolute Gasteiger partial charge is 0.293 e. The molecule has 2 N–H and O–H groups in total. The van der Waals surface area contributed by atoms with Gasteiger partial charge in [-0.15, -0.1) is 0 Å². The molecule has 1 atom stereocenters. The SMILES string of the molecule is CC(C)Cn1ccnc(N2CCCCC2CN)c1=O. The van der Waals surface area contributed by atoms with Gasteiger partial charge in [-0.25, -0.2) is 4.98 Å². The Labute approximate surface area is 114 Å². The van der Waals surface area contributed by atoms with Crippen LogP contribution < -0.4 is 16.2 Å². The number of nitrogens with zero attached hydrogens (tertiary/aromatic N) is 3. The van der Waals surface area contributed by atoms with Gasteiger partial charge in [-0.2, -0.15) is 0 Å². The highest BCUT2D eigenvalue weighted by molar-refractivity contribution is 5.38. The molecule has 1 aromatic heterocycles. The summed E-state index contributed by atoms with van der Waals surface area (Å²) in [6.45, 7) is 6.41. The summed E-state index contributed by atoms with van der Waals surface area (Å²) in [5.74, 6) is 1.01. The summed E-state index contributed by atoms with van der Waals surface area (Å²) in [5, 5.41) is 0. The van der Waals surface area contributed by atoms with E-state index in [-0.39, 0.29) is 11.6 Å². The molecule has 0 amide bonds. The molecular weight excluding hydrogens is 240 g/mol. The summed E-state index contributed by atoms with van der Waals surface area (Å²) < 4.78 is 1.76. The Hall–Kier alpha value is -1.36. The molecule has 1 aliphatic heterocycles. The highest BCUT2D eigenvalue weighted by atomic mass is 16.1. The zero-order valence-corrected chi connectivity index (χ0v) is 11.9. The van der Waals surface area contributed by atoms with Crippen molar-refractivity contribution in [1.29, 1.82) is 0 Å². The molecule has 0 bridgehead atoms. The Morgan fingerprint density at radius 1 is 1.47 bits per heavy atom. The van der Waals surface area contributed by atoms with Gasteiger partial charge in [0.05, 0.1) is 0 Å². The minimum atomic E-state index is 0.0107. The molecule has 106 valence electrons. The van der Waals surface area contributed by atoms with Gasteiger partial charge in [0.25, 0.3) is 5.56 Å². The third kappa shape index (κ3) is 3.15. The molecule has 1 unspecified atom stereocenters. The molecule has 5 nitrogen and oxygen atoms in total. The summed E-state index contributed by atoms with van der Waals surface area (Å²) in [7, 11) is 0. The zero-order chi connectivity index (χ0) is 13.8. The standard InChI is InChI=1S/C14H24N4O/c1-11(2)10-17-8-6-16-13(14(17)19)18-7-4-3-5-12(18)9-15/h6,8,11-12H,3-5,7,9-10,15H2,1-2H3. The number of anilines is 1. The van der Waals surface area contributed by atoms with Crippen molar-refractivity contribution in [1.82, 2.24) is 9.55 Å². The van der Waals surface area contributed by atoms with E-state index >= 15 is 0 Å². The molecule has 2 heterocycles. The topological polar surface area (TPSA) is 64.2 Å². The largest absolute Gasteiger partial charge is 0.348 e. The molecule has 1 fully saturated rings. The Bertz CT molecular complexity index is 469. The van der Waals surface area contributed by atoms with Gasteiger partial charge in [-0.1, -0.05) is 13.8 Å². The molecule has 19 heavy (non-hydrogen) atoms. The van der Waals surface area contributed by atoms with Gasteiger partial charge in [0.2, 0.25) is 0 Å². The van der Waals surface area contributed by atoms with E-state index in [1.165, 1.54) is 6.42 Å². The Balaban J connectivity index is 2.31. The fraction of sp³-hybridized carbons (Fsp3) is 0.714. The van der Waals surface area contributed by atoms with Crippen LogP contribution in [-0.4, -0.2) is 28.7 Å². The minimum absolute atomic E-state index is 0.0107. The van der Waals surface area contributed by atoms with E-state index in [4.69, 9.17) is 5.73 Å². The lowest BCUT2D eigenvalue weighted by molar-refractivity contribution is 0.454. The minimum Gasteiger partial charge on any atom is -0.348 e. The van der Waals surface area contributed by atoms with E-state index in [0.717, 1.165) is 25.9 Å². The number of hydrogen-bond donors (Lipinski definition) is 1. The first-order chi connectivity index (χ1) is 9.13. The van der Waals surface area contributed by atoms with Crippen LogP contribution in [0.1, 0.15) is 33.1 Å². The summed E-state index contributed by atoms with van der Waals surface area (Å²) in [5.41, 5.74) is 5.83. The van der Waals surface area contributed by atoms with Crippen molar-refractivity contribution in [2.45, 2.75) is 45.7 Å². The second-order valence-electron chi connectivity index (χ2n) is 5.68. The van der Waals surface area contributed by atoms with E-state index in [1.54, 1.807) is 17.0 Å². The lowest BCUT2D eigenvalue weighted by Gasteiger charge is -2.35. The van der Waals surface area contributed by atoms with E-state index in [0.29, 0.717) is 18.3 Å². The molecule has 5 heteroatoms. The molecule has 2 rings (SSSR count). The van der Waals surface area contributed by atoms with Crippen LogP contribution >= 0.6 is 0 Å². The summed E-state index contributed by atoms with van der Waals surface area (Å²) in [6, 6.07) is 0.254. The van der Waals surface area contributed by atoms with Gasteiger partial charge in [0.1, 0.15) is 0 Å². The van der Waals surface area contributed by atoms with Gasteiger partial charge in [0.15, 0.2) is 5.82 Å². The maximum Gasteiger partial charge on any atom is 0.293 e. The molecule has 1 saturated heterocycles. The number of piperidine rings is 1. The molecule has 0 saturated carbocycles. The first-order valence-electron chi connectivity index (χ1n) is 7.15. The van der Waals surface area contributed by atoms with Crippen molar-refractivity contribution >= 4 is 5.82 Å². The van der Waals surface area contributed by atoms with Gasteiger partial charge in [-0.05, 0) is 25.2 Å². The summed E-state index contributed by atoms with van der Waals surface area (Å²) in [6.07, 6.45) is 6.84. The molecule has 0 aromatic carbocycles. The van der Waals surface area contributed by atoms with Crippen molar-refractivity contribution in [3.63, 3.8) is 0 Å². The van der Waals surface area contributed by atoms with Crippen LogP contribution in [0.15, 0.2) is 17.2 Å². The van der Waals surface area contributed by atoms with Crippen LogP contribution in [0.4, 0.5) is 5.82 Å². The molecule has 1 aromatic rings. The van der Waals surface area contributed by atoms with Crippen molar-refractivity contribution < 1.29 is 0 Å². The lowest BCUT2D eigenvalue weighted by atomic mass is 10.0. The maximum absolute atomic E-state index is 12.5. The highest BCUT2D eigenvalue weighted by Gasteiger charge is 2.24. The van der Waals surface area contributed by atoms with Crippen LogP contribution in [0.2, 0.25) is 0 Å². The van der Waals surface area contributed by atoms with Crippen LogP contribution in [0.5, 0.6) is 0 Å². The first-order valence-corrected chi connectivity index (χ1v) is 7.15. The van der Waals surface area contributed by atoms with Crippen molar-refractivity contribution in [3.05, 3.63) is 22.7 Å². The predicted molar refractivity (Wildman–Crippen MR) is 77.4 cm³/mol. The fourth-order valence-electron chi connectivity index (χ4n) is 2.69. The van der Waals surface area contributed by atoms with Crippen molar-refractivity contribution in [3.8, 4) is 0 Å². The summed E-state index contributed by atoms with van der Waals surface area (Å²) >= 11 is 0.